The molecule has 1 amide bonds. The molecule has 1 saturated heterocycles. The SMILES string of the molecule is CCN(CC1CCN(Cc2ccccc2)C1)C(=O)CCl. The third-order valence-corrected chi connectivity index (χ3v) is 4.17. The van der Waals surface area contributed by atoms with E-state index in [9.17, 15) is 4.79 Å². The zero-order valence-electron chi connectivity index (χ0n) is 12.1. The lowest BCUT2D eigenvalue weighted by Crippen LogP contribution is -2.36. The van der Waals surface area contributed by atoms with E-state index in [1.54, 1.807) is 0 Å². The van der Waals surface area contributed by atoms with E-state index in [0.717, 1.165) is 32.7 Å². The summed E-state index contributed by atoms with van der Waals surface area (Å²) in [4.78, 5) is 16.0. The Labute approximate surface area is 126 Å². The van der Waals surface area contributed by atoms with Gasteiger partial charge < -0.3 is 4.90 Å². The van der Waals surface area contributed by atoms with Crippen LogP contribution in [0.1, 0.15) is 18.9 Å². The second kappa shape index (κ2) is 7.65. The Morgan fingerprint density at radius 2 is 2.15 bits per heavy atom. The Morgan fingerprint density at radius 1 is 1.40 bits per heavy atom. The summed E-state index contributed by atoms with van der Waals surface area (Å²) in [5.41, 5.74) is 1.36. The first-order valence-corrected chi connectivity index (χ1v) is 7.86. The molecule has 2 rings (SSSR count). The monoisotopic (exact) mass is 294 g/mol. The van der Waals surface area contributed by atoms with Gasteiger partial charge in [-0.1, -0.05) is 30.3 Å². The van der Waals surface area contributed by atoms with Gasteiger partial charge in [0.1, 0.15) is 5.88 Å². The molecule has 0 bridgehead atoms. The van der Waals surface area contributed by atoms with Crippen molar-refractivity contribution >= 4 is 17.5 Å². The van der Waals surface area contributed by atoms with Gasteiger partial charge >= 0.3 is 0 Å². The number of alkyl halides is 1. The highest BCUT2D eigenvalue weighted by molar-refractivity contribution is 6.27. The van der Waals surface area contributed by atoms with Crippen molar-refractivity contribution in [1.82, 2.24) is 9.80 Å². The predicted octanol–water partition coefficient (Wildman–Crippen LogP) is 2.60. The van der Waals surface area contributed by atoms with Gasteiger partial charge in [0.15, 0.2) is 0 Å². The topological polar surface area (TPSA) is 23.6 Å². The van der Waals surface area contributed by atoms with Crippen LogP contribution < -0.4 is 0 Å². The van der Waals surface area contributed by atoms with Gasteiger partial charge in [-0.3, -0.25) is 9.69 Å². The minimum absolute atomic E-state index is 0.0516. The molecule has 0 radical (unpaired) electrons. The van der Waals surface area contributed by atoms with Crippen LogP contribution in [0.3, 0.4) is 0 Å². The standard InChI is InChI=1S/C16H23ClN2O/c1-2-19(16(20)10-17)13-15-8-9-18(12-15)11-14-6-4-3-5-7-14/h3-7,15H,2,8-13H2,1H3. The third-order valence-electron chi connectivity index (χ3n) is 3.95. The second-order valence-electron chi connectivity index (χ2n) is 5.44. The van der Waals surface area contributed by atoms with E-state index in [1.807, 2.05) is 17.9 Å². The van der Waals surface area contributed by atoms with Crippen molar-refractivity contribution in [3.8, 4) is 0 Å². The third kappa shape index (κ3) is 4.22. The molecule has 20 heavy (non-hydrogen) atoms. The van der Waals surface area contributed by atoms with Gasteiger partial charge in [-0.2, -0.15) is 0 Å². The van der Waals surface area contributed by atoms with Crippen LogP contribution in [0.15, 0.2) is 30.3 Å². The zero-order valence-corrected chi connectivity index (χ0v) is 12.9. The fourth-order valence-corrected chi connectivity index (χ4v) is 3.02. The van der Waals surface area contributed by atoms with Gasteiger partial charge in [0.2, 0.25) is 5.91 Å². The lowest BCUT2D eigenvalue weighted by atomic mass is 10.1. The maximum Gasteiger partial charge on any atom is 0.237 e. The van der Waals surface area contributed by atoms with E-state index < -0.39 is 0 Å². The molecular formula is C16H23ClN2O. The number of nitrogens with zero attached hydrogens (tertiary/aromatic N) is 2. The zero-order chi connectivity index (χ0) is 14.4. The molecule has 1 atom stereocenters. The minimum atomic E-state index is 0.0516. The molecule has 1 unspecified atom stereocenters. The fraction of sp³-hybridized carbons (Fsp3) is 0.562. The van der Waals surface area contributed by atoms with Gasteiger partial charge in [-0.05, 0) is 31.4 Å². The van der Waals surface area contributed by atoms with Crippen LogP contribution in [0.25, 0.3) is 0 Å². The summed E-state index contributed by atoms with van der Waals surface area (Å²) in [6.07, 6.45) is 1.17. The molecule has 1 heterocycles. The Hall–Kier alpha value is -1.06. The van der Waals surface area contributed by atoms with Crippen molar-refractivity contribution in [1.29, 1.82) is 0 Å². The lowest BCUT2D eigenvalue weighted by Gasteiger charge is -2.24. The van der Waals surface area contributed by atoms with Crippen LogP contribution in [-0.2, 0) is 11.3 Å². The molecule has 0 aliphatic carbocycles. The Bertz CT molecular complexity index is 424. The molecular weight excluding hydrogens is 272 g/mol. The summed E-state index contributed by atoms with van der Waals surface area (Å²) < 4.78 is 0. The highest BCUT2D eigenvalue weighted by atomic mass is 35.5. The summed E-state index contributed by atoms with van der Waals surface area (Å²) in [5.74, 6) is 0.718. The molecule has 0 aromatic heterocycles. The first-order valence-electron chi connectivity index (χ1n) is 7.33. The highest BCUT2D eigenvalue weighted by Crippen LogP contribution is 2.19. The number of hydrogen-bond acceptors (Lipinski definition) is 2. The van der Waals surface area contributed by atoms with Crippen molar-refractivity contribution < 1.29 is 4.79 Å². The molecule has 1 aliphatic rings. The van der Waals surface area contributed by atoms with E-state index in [0.29, 0.717) is 5.92 Å². The number of likely N-dealkylation sites (tertiary alicyclic amines) is 1. The van der Waals surface area contributed by atoms with E-state index in [4.69, 9.17) is 11.6 Å². The first kappa shape index (κ1) is 15.3. The fourth-order valence-electron chi connectivity index (χ4n) is 2.85. The van der Waals surface area contributed by atoms with E-state index in [1.165, 1.54) is 12.0 Å². The van der Waals surface area contributed by atoms with Gasteiger partial charge in [-0.25, -0.2) is 0 Å². The van der Waals surface area contributed by atoms with Gasteiger partial charge in [-0.15, -0.1) is 11.6 Å². The summed E-state index contributed by atoms with van der Waals surface area (Å²) in [5, 5.41) is 0. The number of carbonyl (C=O) groups is 1. The maximum absolute atomic E-state index is 11.7. The Balaban J connectivity index is 1.81. The molecule has 110 valence electrons. The normalized spacial score (nSPS) is 19.2. The van der Waals surface area contributed by atoms with Crippen molar-refractivity contribution in [2.75, 3.05) is 32.1 Å². The highest BCUT2D eigenvalue weighted by Gasteiger charge is 2.25. The van der Waals surface area contributed by atoms with Crippen LogP contribution in [0.2, 0.25) is 0 Å². The number of carbonyl (C=O) groups excluding carboxylic acids is 1. The van der Waals surface area contributed by atoms with Gasteiger partial charge in [0.05, 0.1) is 0 Å². The molecule has 1 aliphatic heterocycles. The molecule has 3 nitrogen and oxygen atoms in total. The Kier molecular flexibility index (Phi) is 5.86. The number of hydrogen-bond donors (Lipinski definition) is 0. The van der Waals surface area contributed by atoms with Gasteiger partial charge in [0, 0.05) is 26.2 Å². The van der Waals surface area contributed by atoms with Gasteiger partial charge in [0.25, 0.3) is 0 Å². The molecule has 0 saturated carbocycles. The van der Waals surface area contributed by atoms with Crippen LogP contribution >= 0.6 is 11.6 Å². The number of amides is 1. The van der Waals surface area contributed by atoms with Crippen LogP contribution in [0.5, 0.6) is 0 Å². The molecule has 1 aromatic rings. The molecule has 0 N–H and O–H groups in total. The quantitative estimate of drug-likeness (QED) is 0.753. The van der Waals surface area contributed by atoms with Crippen molar-refractivity contribution in [2.45, 2.75) is 19.9 Å². The van der Waals surface area contributed by atoms with E-state index >= 15 is 0 Å². The van der Waals surface area contributed by atoms with Crippen molar-refractivity contribution in [3.63, 3.8) is 0 Å². The summed E-state index contributed by atoms with van der Waals surface area (Å²) in [7, 11) is 0. The Morgan fingerprint density at radius 3 is 2.80 bits per heavy atom. The number of benzene rings is 1. The maximum atomic E-state index is 11.7. The van der Waals surface area contributed by atoms with Crippen LogP contribution in [0.4, 0.5) is 0 Å². The van der Waals surface area contributed by atoms with Crippen LogP contribution in [0, 0.1) is 5.92 Å². The minimum Gasteiger partial charge on any atom is -0.342 e. The molecule has 1 aromatic carbocycles. The average Bonchev–Trinajstić information content (AvgIpc) is 2.92. The van der Waals surface area contributed by atoms with E-state index in [-0.39, 0.29) is 11.8 Å². The second-order valence-corrected chi connectivity index (χ2v) is 5.71. The number of halogens is 1. The lowest BCUT2D eigenvalue weighted by molar-refractivity contribution is -0.128. The van der Waals surface area contributed by atoms with Crippen molar-refractivity contribution in [2.24, 2.45) is 5.92 Å². The van der Waals surface area contributed by atoms with Crippen LogP contribution in [-0.4, -0.2) is 47.8 Å². The summed E-state index contributed by atoms with van der Waals surface area (Å²) in [6, 6.07) is 10.6. The smallest absolute Gasteiger partial charge is 0.237 e. The summed E-state index contributed by atoms with van der Waals surface area (Å²) in [6.45, 7) is 6.80. The van der Waals surface area contributed by atoms with Crippen molar-refractivity contribution in [3.05, 3.63) is 35.9 Å². The molecule has 1 fully saturated rings. The number of rotatable bonds is 6. The molecule has 4 heteroatoms. The largest absolute Gasteiger partial charge is 0.342 e. The first-order chi connectivity index (χ1) is 9.72. The molecule has 0 spiro atoms. The summed E-state index contributed by atoms with van der Waals surface area (Å²) >= 11 is 5.65. The predicted molar refractivity (Wildman–Crippen MR) is 82.8 cm³/mol. The average molecular weight is 295 g/mol. The van der Waals surface area contributed by atoms with E-state index in [2.05, 4.69) is 29.2 Å².